The van der Waals surface area contributed by atoms with Crippen LogP contribution in [0, 0.1) is 11.3 Å². The molecule has 0 bridgehead atoms. The second kappa shape index (κ2) is 4.97. The lowest BCUT2D eigenvalue weighted by molar-refractivity contribution is -0.0508. The summed E-state index contributed by atoms with van der Waals surface area (Å²) in [6, 6.07) is 2.06. The van der Waals surface area contributed by atoms with Crippen LogP contribution in [0.5, 0.6) is 0 Å². The van der Waals surface area contributed by atoms with E-state index >= 15 is 0 Å². The van der Waals surface area contributed by atoms with Crippen molar-refractivity contribution in [2.45, 2.75) is 24.5 Å². The van der Waals surface area contributed by atoms with Gasteiger partial charge in [0, 0.05) is 6.20 Å². The summed E-state index contributed by atoms with van der Waals surface area (Å²) >= 11 is 0. The second-order valence-corrected chi connectivity index (χ2v) is 5.26. The zero-order valence-electron chi connectivity index (χ0n) is 11.7. The number of hydrogen-bond donors (Lipinski definition) is 3. The summed E-state index contributed by atoms with van der Waals surface area (Å²) in [5.74, 6) is 0. The molecule has 0 amide bonds. The SMILES string of the molecule is N#Cc1cn(C2OC(CO)C(O)C2O)c2ncn3ncnc3c12. The quantitative estimate of drug-likeness (QED) is 0.522. The zero-order chi connectivity index (χ0) is 16.1. The van der Waals surface area contributed by atoms with Gasteiger partial charge in [0.15, 0.2) is 11.9 Å². The largest absolute Gasteiger partial charge is 0.394 e. The lowest BCUT2D eigenvalue weighted by Gasteiger charge is -2.17. The van der Waals surface area contributed by atoms with Crippen LogP contribution in [0.1, 0.15) is 11.8 Å². The minimum Gasteiger partial charge on any atom is -0.394 e. The molecular weight excluding hydrogens is 304 g/mol. The van der Waals surface area contributed by atoms with Gasteiger partial charge in [-0.25, -0.2) is 14.5 Å². The first-order valence-corrected chi connectivity index (χ1v) is 6.87. The van der Waals surface area contributed by atoms with Crippen molar-refractivity contribution in [1.82, 2.24) is 24.1 Å². The van der Waals surface area contributed by atoms with Crippen LogP contribution in [-0.4, -0.2) is 64.4 Å². The first kappa shape index (κ1) is 14.0. The second-order valence-electron chi connectivity index (χ2n) is 5.26. The predicted octanol–water partition coefficient (Wildman–Crippen LogP) is -1.44. The summed E-state index contributed by atoms with van der Waals surface area (Å²) < 4.78 is 8.40. The van der Waals surface area contributed by atoms with Gasteiger partial charge in [-0.1, -0.05) is 0 Å². The summed E-state index contributed by atoms with van der Waals surface area (Å²) in [4.78, 5) is 8.36. The van der Waals surface area contributed by atoms with Crippen molar-refractivity contribution in [3.63, 3.8) is 0 Å². The zero-order valence-corrected chi connectivity index (χ0v) is 11.7. The normalized spacial score (nSPS) is 27.7. The number of aliphatic hydroxyl groups is 3. The highest BCUT2D eigenvalue weighted by Gasteiger charge is 2.44. The van der Waals surface area contributed by atoms with Crippen LogP contribution in [0.3, 0.4) is 0 Å². The number of nitrogens with zero attached hydrogens (tertiary/aromatic N) is 6. The summed E-state index contributed by atoms with van der Waals surface area (Å²) in [5.41, 5.74) is 1.12. The first-order chi connectivity index (χ1) is 11.2. The van der Waals surface area contributed by atoms with Crippen molar-refractivity contribution in [2.24, 2.45) is 0 Å². The monoisotopic (exact) mass is 316 g/mol. The Morgan fingerprint density at radius 3 is 2.78 bits per heavy atom. The Kier molecular flexibility index (Phi) is 3.03. The molecule has 4 rings (SSSR count). The molecule has 23 heavy (non-hydrogen) atoms. The molecule has 4 unspecified atom stereocenters. The molecular formula is C13H12N6O4. The van der Waals surface area contributed by atoms with Gasteiger partial charge in [-0.2, -0.15) is 10.4 Å². The Morgan fingerprint density at radius 1 is 1.26 bits per heavy atom. The highest BCUT2D eigenvalue weighted by atomic mass is 16.6. The third-order valence-corrected chi connectivity index (χ3v) is 4.00. The van der Waals surface area contributed by atoms with Gasteiger partial charge < -0.3 is 24.6 Å². The van der Waals surface area contributed by atoms with Crippen LogP contribution in [-0.2, 0) is 4.74 Å². The molecule has 0 aromatic carbocycles. The lowest BCUT2D eigenvalue weighted by atomic mass is 10.1. The predicted molar refractivity (Wildman–Crippen MR) is 74.0 cm³/mol. The van der Waals surface area contributed by atoms with Crippen LogP contribution in [0.2, 0.25) is 0 Å². The minimum absolute atomic E-state index is 0.295. The van der Waals surface area contributed by atoms with E-state index < -0.39 is 31.1 Å². The molecule has 4 atom stereocenters. The van der Waals surface area contributed by atoms with E-state index in [0.717, 1.165) is 0 Å². The van der Waals surface area contributed by atoms with Gasteiger partial charge in [0.1, 0.15) is 42.7 Å². The lowest BCUT2D eigenvalue weighted by Crippen LogP contribution is -2.33. The molecule has 10 nitrogen and oxygen atoms in total. The number of aliphatic hydroxyl groups excluding tert-OH is 3. The third kappa shape index (κ3) is 1.85. The van der Waals surface area contributed by atoms with Crippen molar-refractivity contribution in [2.75, 3.05) is 6.61 Å². The average molecular weight is 316 g/mol. The van der Waals surface area contributed by atoms with E-state index in [4.69, 9.17) is 4.74 Å². The molecule has 1 fully saturated rings. The highest BCUT2D eigenvalue weighted by Crippen LogP contribution is 2.33. The molecule has 118 valence electrons. The van der Waals surface area contributed by atoms with Crippen molar-refractivity contribution in [3.05, 3.63) is 24.4 Å². The van der Waals surface area contributed by atoms with Crippen LogP contribution in [0.15, 0.2) is 18.9 Å². The number of fused-ring (bicyclic) bond motifs is 3. The fourth-order valence-corrected chi connectivity index (χ4v) is 2.88. The standard InChI is InChI=1S/C13H12N6O4/c14-1-6-2-18(13-10(22)9(21)7(3-20)23-13)11-8(6)12-15-4-17-19(12)5-16-11/h2,4-5,7,9-10,13,20-22H,3H2. The smallest absolute Gasteiger partial charge is 0.169 e. The van der Waals surface area contributed by atoms with E-state index in [2.05, 4.69) is 21.1 Å². The van der Waals surface area contributed by atoms with Gasteiger partial charge in [-0.05, 0) is 0 Å². The molecule has 1 aliphatic heterocycles. The molecule has 1 saturated heterocycles. The van der Waals surface area contributed by atoms with Gasteiger partial charge in [-0.15, -0.1) is 0 Å². The molecule has 1 aliphatic rings. The van der Waals surface area contributed by atoms with E-state index in [-0.39, 0.29) is 0 Å². The molecule has 10 heteroatoms. The maximum atomic E-state index is 10.2. The van der Waals surface area contributed by atoms with Crippen molar-refractivity contribution >= 4 is 16.7 Å². The molecule has 0 saturated carbocycles. The Balaban J connectivity index is 1.93. The summed E-state index contributed by atoms with van der Waals surface area (Å²) in [5, 5.41) is 43.1. The maximum absolute atomic E-state index is 10.2. The summed E-state index contributed by atoms with van der Waals surface area (Å²) in [6.07, 6.45) is -0.105. The fraction of sp³-hybridized carbons (Fsp3) is 0.385. The van der Waals surface area contributed by atoms with Gasteiger partial charge in [0.25, 0.3) is 0 Å². The molecule has 4 heterocycles. The molecule has 3 N–H and O–H groups in total. The van der Waals surface area contributed by atoms with E-state index in [9.17, 15) is 20.6 Å². The summed E-state index contributed by atoms with van der Waals surface area (Å²) in [6.45, 7) is -0.430. The van der Waals surface area contributed by atoms with Crippen LogP contribution < -0.4 is 0 Å². The topological polar surface area (TPSA) is 142 Å². The van der Waals surface area contributed by atoms with Gasteiger partial charge >= 0.3 is 0 Å². The number of aromatic nitrogens is 5. The van der Waals surface area contributed by atoms with Gasteiger partial charge in [0.2, 0.25) is 0 Å². The number of nitriles is 1. The molecule has 3 aromatic heterocycles. The van der Waals surface area contributed by atoms with Crippen molar-refractivity contribution in [3.8, 4) is 6.07 Å². The third-order valence-electron chi connectivity index (χ3n) is 4.00. The van der Waals surface area contributed by atoms with Gasteiger partial charge in [0.05, 0.1) is 17.6 Å². The Labute approximate surface area is 128 Å². The van der Waals surface area contributed by atoms with Crippen LogP contribution in [0.4, 0.5) is 0 Å². The van der Waals surface area contributed by atoms with E-state index in [1.165, 1.54) is 27.9 Å². The van der Waals surface area contributed by atoms with Crippen molar-refractivity contribution < 1.29 is 20.1 Å². The van der Waals surface area contributed by atoms with Gasteiger partial charge in [-0.3, -0.25) is 0 Å². The average Bonchev–Trinajstić information content (AvgIpc) is 3.24. The Bertz CT molecular complexity index is 928. The fourth-order valence-electron chi connectivity index (χ4n) is 2.88. The Hall–Kier alpha value is -2.58. The molecule has 3 aromatic rings. The summed E-state index contributed by atoms with van der Waals surface area (Å²) in [7, 11) is 0. The first-order valence-electron chi connectivity index (χ1n) is 6.87. The van der Waals surface area contributed by atoms with E-state index in [1.54, 1.807) is 0 Å². The minimum atomic E-state index is -1.26. The maximum Gasteiger partial charge on any atom is 0.169 e. The molecule has 0 radical (unpaired) electrons. The highest BCUT2D eigenvalue weighted by molar-refractivity contribution is 5.94. The van der Waals surface area contributed by atoms with E-state index in [0.29, 0.717) is 22.2 Å². The molecule has 0 spiro atoms. The van der Waals surface area contributed by atoms with E-state index in [1.807, 2.05) is 0 Å². The number of ether oxygens (including phenoxy) is 1. The van der Waals surface area contributed by atoms with Crippen LogP contribution in [0.25, 0.3) is 16.7 Å². The number of rotatable bonds is 2. The molecule has 0 aliphatic carbocycles. The Morgan fingerprint density at radius 2 is 2.09 bits per heavy atom. The number of hydrogen-bond acceptors (Lipinski definition) is 8. The van der Waals surface area contributed by atoms with Crippen LogP contribution >= 0.6 is 0 Å². The van der Waals surface area contributed by atoms with Crippen molar-refractivity contribution in [1.29, 1.82) is 5.26 Å².